The number of hydrogen-bond acceptors (Lipinski definition) is 4. The van der Waals surface area contributed by atoms with Crippen molar-refractivity contribution in [2.75, 3.05) is 13.7 Å². The van der Waals surface area contributed by atoms with Crippen LogP contribution in [0.4, 0.5) is 0 Å². The van der Waals surface area contributed by atoms with Gasteiger partial charge in [0.25, 0.3) is 0 Å². The minimum absolute atomic E-state index is 0.480. The monoisotopic (exact) mass is 272 g/mol. The molecule has 0 saturated heterocycles. The van der Waals surface area contributed by atoms with E-state index in [1.54, 1.807) is 13.3 Å². The molecule has 1 N–H and O–H groups in total. The van der Waals surface area contributed by atoms with Crippen molar-refractivity contribution >= 4 is 0 Å². The summed E-state index contributed by atoms with van der Waals surface area (Å²) in [5.41, 5.74) is 2.13. The Balaban J connectivity index is 2.02. The molecule has 2 rings (SSSR count). The second kappa shape index (κ2) is 7.50. The van der Waals surface area contributed by atoms with E-state index in [4.69, 9.17) is 9.47 Å². The van der Waals surface area contributed by atoms with E-state index in [2.05, 4.69) is 17.2 Å². The molecule has 4 nitrogen and oxygen atoms in total. The Hall–Kier alpha value is -2.07. The summed E-state index contributed by atoms with van der Waals surface area (Å²) in [6.07, 6.45) is 1.75. The number of nitrogens with zero attached hydrogens (tertiary/aromatic N) is 1. The number of ether oxygens (including phenoxy) is 2. The Labute approximate surface area is 119 Å². The van der Waals surface area contributed by atoms with Crippen LogP contribution in [0.2, 0.25) is 0 Å². The highest BCUT2D eigenvalue weighted by atomic mass is 16.5. The lowest BCUT2D eigenvalue weighted by Gasteiger charge is -2.11. The second-order valence-electron chi connectivity index (χ2n) is 4.39. The van der Waals surface area contributed by atoms with Crippen LogP contribution in [-0.4, -0.2) is 18.6 Å². The Kier molecular flexibility index (Phi) is 5.38. The summed E-state index contributed by atoms with van der Waals surface area (Å²) in [5.74, 6) is 1.51. The minimum atomic E-state index is 0.480. The van der Waals surface area contributed by atoms with Crippen LogP contribution in [0.15, 0.2) is 42.6 Å². The first kappa shape index (κ1) is 14.3. The molecular formula is C16H20N2O2. The molecule has 20 heavy (non-hydrogen) atoms. The molecule has 0 amide bonds. The lowest BCUT2D eigenvalue weighted by molar-refractivity contribution is 0.289. The Morgan fingerprint density at radius 3 is 2.90 bits per heavy atom. The fraction of sp³-hybridized carbons (Fsp3) is 0.312. The predicted octanol–water partition coefficient (Wildman–Crippen LogP) is 2.78. The van der Waals surface area contributed by atoms with Gasteiger partial charge in [0.2, 0.25) is 5.88 Å². The van der Waals surface area contributed by atoms with Gasteiger partial charge in [-0.2, -0.15) is 0 Å². The maximum absolute atomic E-state index is 5.81. The molecule has 0 saturated carbocycles. The van der Waals surface area contributed by atoms with Crippen LogP contribution in [0.1, 0.15) is 18.1 Å². The van der Waals surface area contributed by atoms with Gasteiger partial charge < -0.3 is 14.8 Å². The fourth-order valence-corrected chi connectivity index (χ4v) is 1.86. The van der Waals surface area contributed by atoms with Gasteiger partial charge in [-0.3, -0.25) is 0 Å². The van der Waals surface area contributed by atoms with E-state index in [1.807, 2.05) is 36.4 Å². The van der Waals surface area contributed by atoms with Crippen molar-refractivity contribution in [3.8, 4) is 11.6 Å². The van der Waals surface area contributed by atoms with E-state index in [9.17, 15) is 0 Å². The van der Waals surface area contributed by atoms with Crippen LogP contribution in [0.5, 0.6) is 11.6 Å². The predicted molar refractivity (Wildman–Crippen MR) is 78.9 cm³/mol. The van der Waals surface area contributed by atoms with Gasteiger partial charge in [-0.1, -0.05) is 25.1 Å². The van der Waals surface area contributed by atoms with Gasteiger partial charge in [0.15, 0.2) is 0 Å². The van der Waals surface area contributed by atoms with E-state index in [0.717, 1.165) is 30.0 Å². The smallest absolute Gasteiger partial charge is 0.218 e. The maximum atomic E-state index is 5.81. The van der Waals surface area contributed by atoms with Crippen LogP contribution < -0.4 is 14.8 Å². The van der Waals surface area contributed by atoms with Gasteiger partial charge in [-0.25, -0.2) is 4.98 Å². The van der Waals surface area contributed by atoms with Gasteiger partial charge in [0.05, 0.1) is 7.11 Å². The fourth-order valence-electron chi connectivity index (χ4n) is 1.86. The maximum Gasteiger partial charge on any atom is 0.218 e. The topological polar surface area (TPSA) is 43.4 Å². The van der Waals surface area contributed by atoms with Crippen LogP contribution in [0.25, 0.3) is 0 Å². The SMILES string of the molecule is CCNCc1cccnc1OCc1cccc(OC)c1. The van der Waals surface area contributed by atoms with E-state index in [1.165, 1.54) is 0 Å². The number of hydrogen-bond donors (Lipinski definition) is 1. The molecule has 0 fully saturated rings. The molecule has 2 aromatic rings. The van der Waals surface area contributed by atoms with Crippen molar-refractivity contribution < 1.29 is 9.47 Å². The second-order valence-corrected chi connectivity index (χ2v) is 4.39. The molecule has 0 aliphatic heterocycles. The summed E-state index contributed by atoms with van der Waals surface area (Å²) in [7, 11) is 1.66. The number of rotatable bonds is 7. The molecule has 1 aromatic carbocycles. The van der Waals surface area contributed by atoms with E-state index < -0.39 is 0 Å². The lowest BCUT2D eigenvalue weighted by atomic mass is 10.2. The third-order valence-corrected chi connectivity index (χ3v) is 2.93. The zero-order chi connectivity index (χ0) is 14.2. The van der Waals surface area contributed by atoms with Crippen molar-refractivity contribution in [3.05, 3.63) is 53.7 Å². The lowest BCUT2D eigenvalue weighted by Crippen LogP contribution is -2.13. The zero-order valence-electron chi connectivity index (χ0n) is 11.9. The third-order valence-electron chi connectivity index (χ3n) is 2.93. The van der Waals surface area contributed by atoms with Crippen LogP contribution >= 0.6 is 0 Å². The largest absolute Gasteiger partial charge is 0.497 e. The molecule has 1 aromatic heterocycles. The normalized spacial score (nSPS) is 10.3. The van der Waals surface area contributed by atoms with Gasteiger partial charge in [-0.05, 0) is 30.3 Å². The third kappa shape index (κ3) is 3.96. The molecule has 106 valence electrons. The average molecular weight is 272 g/mol. The zero-order valence-corrected chi connectivity index (χ0v) is 11.9. The van der Waals surface area contributed by atoms with Gasteiger partial charge in [0, 0.05) is 18.3 Å². The van der Waals surface area contributed by atoms with Crippen LogP contribution in [-0.2, 0) is 13.2 Å². The average Bonchev–Trinajstić information content (AvgIpc) is 2.52. The van der Waals surface area contributed by atoms with Gasteiger partial charge in [0.1, 0.15) is 12.4 Å². The molecule has 4 heteroatoms. The van der Waals surface area contributed by atoms with Crippen molar-refractivity contribution in [2.24, 2.45) is 0 Å². The molecule has 0 radical (unpaired) electrons. The van der Waals surface area contributed by atoms with E-state index in [0.29, 0.717) is 12.5 Å². The first-order chi connectivity index (χ1) is 9.83. The summed E-state index contributed by atoms with van der Waals surface area (Å²) >= 11 is 0. The van der Waals surface area contributed by atoms with E-state index >= 15 is 0 Å². The van der Waals surface area contributed by atoms with Gasteiger partial charge in [-0.15, -0.1) is 0 Å². The van der Waals surface area contributed by atoms with Crippen LogP contribution in [0, 0.1) is 0 Å². The van der Waals surface area contributed by atoms with Crippen LogP contribution in [0.3, 0.4) is 0 Å². The van der Waals surface area contributed by atoms with E-state index in [-0.39, 0.29) is 0 Å². The highest BCUT2D eigenvalue weighted by Crippen LogP contribution is 2.18. The van der Waals surface area contributed by atoms with Crippen molar-refractivity contribution in [2.45, 2.75) is 20.1 Å². The number of pyridine rings is 1. The highest BCUT2D eigenvalue weighted by Gasteiger charge is 2.05. The molecule has 0 aliphatic rings. The number of benzene rings is 1. The standard InChI is InChI=1S/C16H20N2O2/c1-3-17-11-14-7-5-9-18-16(14)20-12-13-6-4-8-15(10-13)19-2/h4-10,17H,3,11-12H2,1-2H3. The quantitative estimate of drug-likeness (QED) is 0.841. The van der Waals surface area contributed by atoms with Crippen molar-refractivity contribution in [1.82, 2.24) is 10.3 Å². The van der Waals surface area contributed by atoms with Crippen molar-refractivity contribution in [3.63, 3.8) is 0 Å². The van der Waals surface area contributed by atoms with Crippen molar-refractivity contribution in [1.29, 1.82) is 0 Å². The first-order valence-corrected chi connectivity index (χ1v) is 6.74. The summed E-state index contributed by atoms with van der Waals surface area (Å²) in [4.78, 5) is 4.30. The molecule has 0 spiro atoms. The first-order valence-electron chi connectivity index (χ1n) is 6.74. The number of nitrogens with one attached hydrogen (secondary N) is 1. The summed E-state index contributed by atoms with van der Waals surface area (Å²) < 4.78 is 11.0. The molecule has 0 atom stereocenters. The molecular weight excluding hydrogens is 252 g/mol. The number of aromatic nitrogens is 1. The summed E-state index contributed by atoms with van der Waals surface area (Å²) in [6, 6.07) is 11.8. The minimum Gasteiger partial charge on any atom is -0.497 e. The Bertz CT molecular complexity index is 544. The number of methoxy groups -OCH3 is 1. The summed E-state index contributed by atoms with van der Waals surface area (Å²) in [6.45, 7) is 4.24. The molecule has 0 aliphatic carbocycles. The molecule has 1 heterocycles. The Morgan fingerprint density at radius 2 is 2.10 bits per heavy atom. The Morgan fingerprint density at radius 1 is 1.20 bits per heavy atom. The highest BCUT2D eigenvalue weighted by molar-refractivity contribution is 5.29. The molecule has 0 bridgehead atoms. The van der Waals surface area contributed by atoms with Gasteiger partial charge >= 0.3 is 0 Å². The molecule has 0 unspecified atom stereocenters. The summed E-state index contributed by atoms with van der Waals surface area (Å²) in [5, 5.41) is 3.28.